The van der Waals surface area contributed by atoms with Crippen LogP contribution in [0, 0.1) is 5.92 Å². The number of amides is 1. The summed E-state index contributed by atoms with van der Waals surface area (Å²) in [6.07, 6.45) is 9.79. The van der Waals surface area contributed by atoms with E-state index in [4.69, 9.17) is 0 Å². The smallest absolute Gasteiger partial charge is 0.226 e. The summed E-state index contributed by atoms with van der Waals surface area (Å²) in [5, 5.41) is 4.20. The molecule has 0 atom stereocenters. The summed E-state index contributed by atoms with van der Waals surface area (Å²) in [5.41, 5.74) is 0. The number of allylic oxidation sites excluding steroid dienone is 2. The van der Waals surface area contributed by atoms with Crippen LogP contribution in [0.2, 0.25) is 0 Å². The SMILES string of the molecule is O=C(C1CC=CC1)N1CC(n2cccn2)C1. The number of hydrogen-bond acceptors (Lipinski definition) is 2. The maximum atomic E-state index is 12.0. The second kappa shape index (κ2) is 3.77. The number of carbonyl (C=O) groups is 1. The molecule has 84 valence electrons. The summed E-state index contributed by atoms with van der Waals surface area (Å²) < 4.78 is 1.94. The molecule has 3 rings (SSSR count). The van der Waals surface area contributed by atoms with E-state index in [9.17, 15) is 4.79 Å². The van der Waals surface area contributed by atoms with Gasteiger partial charge in [-0.05, 0) is 18.9 Å². The first-order valence-electron chi connectivity index (χ1n) is 5.77. The van der Waals surface area contributed by atoms with Crippen molar-refractivity contribution in [1.82, 2.24) is 14.7 Å². The molecule has 1 saturated heterocycles. The molecule has 0 saturated carbocycles. The highest BCUT2D eigenvalue weighted by Gasteiger charge is 2.35. The maximum Gasteiger partial charge on any atom is 0.226 e. The van der Waals surface area contributed by atoms with Crippen LogP contribution < -0.4 is 0 Å². The summed E-state index contributed by atoms with van der Waals surface area (Å²) in [4.78, 5) is 13.9. The zero-order valence-electron chi connectivity index (χ0n) is 9.12. The van der Waals surface area contributed by atoms with Gasteiger partial charge in [-0.2, -0.15) is 5.10 Å². The van der Waals surface area contributed by atoms with E-state index in [1.807, 2.05) is 21.8 Å². The van der Waals surface area contributed by atoms with Gasteiger partial charge < -0.3 is 4.90 Å². The molecule has 2 heterocycles. The van der Waals surface area contributed by atoms with Crippen LogP contribution in [-0.4, -0.2) is 33.7 Å². The molecule has 2 aliphatic rings. The van der Waals surface area contributed by atoms with E-state index in [1.54, 1.807) is 6.20 Å². The average Bonchev–Trinajstić information content (AvgIpc) is 2.88. The number of rotatable bonds is 2. The van der Waals surface area contributed by atoms with E-state index in [-0.39, 0.29) is 5.92 Å². The Morgan fingerprint density at radius 1 is 1.25 bits per heavy atom. The fourth-order valence-corrected chi connectivity index (χ4v) is 2.38. The molecule has 1 aromatic heterocycles. The summed E-state index contributed by atoms with van der Waals surface area (Å²) in [5.74, 6) is 0.520. The van der Waals surface area contributed by atoms with Crippen LogP contribution in [0.3, 0.4) is 0 Å². The van der Waals surface area contributed by atoms with Gasteiger partial charge in [0.15, 0.2) is 0 Å². The Bertz CT molecular complexity index is 396. The lowest BCUT2D eigenvalue weighted by molar-refractivity contribution is -0.141. The predicted molar refractivity (Wildman–Crippen MR) is 59.7 cm³/mol. The van der Waals surface area contributed by atoms with Gasteiger partial charge in [-0.25, -0.2) is 0 Å². The van der Waals surface area contributed by atoms with Gasteiger partial charge in [0.1, 0.15) is 0 Å². The minimum Gasteiger partial charge on any atom is -0.338 e. The molecule has 1 amide bonds. The largest absolute Gasteiger partial charge is 0.338 e. The Morgan fingerprint density at radius 3 is 2.62 bits per heavy atom. The van der Waals surface area contributed by atoms with E-state index in [0.717, 1.165) is 25.9 Å². The number of nitrogens with zero attached hydrogens (tertiary/aromatic N) is 3. The van der Waals surface area contributed by atoms with Crippen LogP contribution in [0.5, 0.6) is 0 Å². The Morgan fingerprint density at radius 2 is 2.00 bits per heavy atom. The highest BCUT2D eigenvalue weighted by atomic mass is 16.2. The van der Waals surface area contributed by atoms with Gasteiger partial charge in [-0.1, -0.05) is 12.2 Å². The Labute approximate surface area is 94.5 Å². The Balaban J connectivity index is 1.55. The zero-order valence-corrected chi connectivity index (χ0v) is 9.12. The summed E-state index contributed by atoms with van der Waals surface area (Å²) in [6, 6.07) is 2.30. The molecular weight excluding hydrogens is 202 g/mol. The normalized spacial score (nSPS) is 21.4. The molecule has 0 bridgehead atoms. The van der Waals surface area contributed by atoms with Crippen molar-refractivity contribution in [2.75, 3.05) is 13.1 Å². The second-order valence-electron chi connectivity index (χ2n) is 4.52. The average molecular weight is 217 g/mol. The quantitative estimate of drug-likeness (QED) is 0.699. The van der Waals surface area contributed by atoms with Crippen LogP contribution in [0.4, 0.5) is 0 Å². The predicted octanol–water partition coefficient (Wildman–Crippen LogP) is 1.23. The van der Waals surface area contributed by atoms with Crippen LogP contribution >= 0.6 is 0 Å². The van der Waals surface area contributed by atoms with Crippen LogP contribution in [0.15, 0.2) is 30.6 Å². The number of hydrogen-bond donors (Lipinski definition) is 0. The molecule has 1 aliphatic carbocycles. The molecular formula is C12H15N3O. The van der Waals surface area contributed by atoms with Gasteiger partial charge in [0.05, 0.1) is 6.04 Å². The van der Waals surface area contributed by atoms with Gasteiger partial charge in [0.25, 0.3) is 0 Å². The number of aromatic nitrogens is 2. The Kier molecular flexibility index (Phi) is 2.27. The molecule has 1 fully saturated rings. The third-order valence-electron chi connectivity index (χ3n) is 3.43. The molecule has 4 nitrogen and oxygen atoms in total. The molecule has 1 aromatic rings. The van der Waals surface area contributed by atoms with Crippen molar-refractivity contribution in [3.8, 4) is 0 Å². The van der Waals surface area contributed by atoms with Crippen LogP contribution in [0.1, 0.15) is 18.9 Å². The second-order valence-corrected chi connectivity index (χ2v) is 4.52. The van der Waals surface area contributed by atoms with E-state index >= 15 is 0 Å². The van der Waals surface area contributed by atoms with Crippen LogP contribution in [-0.2, 0) is 4.79 Å². The van der Waals surface area contributed by atoms with Gasteiger partial charge in [0.2, 0.25) is 5.91 Å². The summed E-state index contributed by atoms with van der Waals surface area (Å²) >= 11 is 0. The molecule has 0 radical (unpaired) electrons. The zero-order chi connectivity index (χ0) is 11.0. The molecule has 0 aromatic carbocycles. The van der Waals surface area contributed by atoms with Crippen molar-refractivity contribution < 1.29 is 4.79 Å². The van der Waals surface area contributed by atoms with Crippen molar-refractivity contribution in [2.45, 2.75) is 18.9 Å². The lowest BCUT2D eigenvalue weighted by Crippen LogP contribution is -2.52. The van der Waals surface area contributed by atoms with Gasteiger partial charge in [-0.3, -0.25) is 9.48 Å². The van der Waals surface area contributed by atoms with Crippen molar-refractivity contribution in [3.05, 3.63) is 30.6 Å². The lowest BCUT2D eigenvalue weighted by Gasteiger charge is -2.40. The highest BCUT2D eigenvalue weighted by molar-refractivity contribution is 5.80. The molecule has 0 spiro atoms. The van der Waals surface area contributed by atoms with Crippen molar-refractivity contribution >= 4 is 5.91 Å². The minimum absolute atomic E-state index is 0.207. The summed E-state index contributed by atoms with van der Waals surface area (Å²) in [6.45, 7) is 1.63. The first-order chi connectivity index (χ1) is 7.84. The third kappa shape index (κ3) is 1.54. The van der Waals surface area contributed by atoms with Gasteiger partial charge >= 0.3 is 0 Å². The number of carbonyl (C=O) groups excluding carboxylic acids is 1. The molecule has 1 aliphatic heterocycles. The molecule has 0 N–H and O–H groups in total. The highest BCUT2D eigenvalue weighted by Crippen LogP contribution is 2.26. The fourth-order valence-electron chi connectivity index (χ4n) is 2.38. The first-order valence-corrected chi connectivity index (χ1v) is 5.77. The minimum atomic E-state index is 0.207. The molecule has 4 heteroatoms. The third-order valence-corrected chi connectivity index (χ3v) is 3.43. The van der Waals surface area contributed by atoms with Gasteiger partial charge in [0, 0.05) is 31.4 Å². The fraction of sp³-hybridized carbons (Fsp3) is 0.500. The van der Waals surface area contributed by atoms with Crippen molar-refractivity contribution in [2.24, 2.45) is 5.92 Å². The monoisotopic (exact) mass is 217 g/mol. The van der Waals surface area contributed by atoms with Gasteiger partial charge in [-0.15, -0.1) is 0 Å². The molecule has 16 heavy (non-hydrogen) atoms. The topological polar surface area (TPSA) is 38.1 Å². The first kappa shape index (κ1) is 9.63. The molecule has 0 unspecified atom stereocenters. The van der Waals surface area contributed by atoms with Crippen molar-refractivity contribution in [3.63, 3.8) is 0 Å². The summed E-state index contributed by atoms with van der Waals surface area (Å²) in [7, 11) is 0. The Hall–Kier alpha value is -1.58. The van der Waals surface area contributed by atoms with E-state index in [1.165, 1.54) is 0 Å². The number of likely N-dealkylation sites (tertiary alicyclic amines) is 1. The van der Waals surface area contributed by atoms with Crippen molar-refractivity contribution in [1.29, 1.82) is 0 Å². The van der Waals surface area contributed by atoms with E-state index < -0.39 is 0 Å². The van der Waals surface area contributed by atoms with E-state index in [0.29, 0.717) is 11.9 Å². The van der Waals surface area contributed by atoms with E-state index in [2.05, 4.69) is 17.3 Å². The van der Waals surface area contributed by atoms with Crippen LogP contribution in [0.25, 0.3) is 0 Å². The maximum absolute atomic E-state index is 12.0. The lowest BCUT2D eigenvalue weighted by atomic mass is 10.0. The standard InChI is InChI=1S/C12H15N3O/c16-12(10-4-1-2-5-10)14-8-11(9-14)15-7-3-6-13-15/h1-3,6-7,10-11H,4-5,8-9H2.